The van der Waals surface area contributed by atoms with Crippen LogP contribution in [-0.4, -0.2) is 47.5 Å². The summed E-state index contributed by atoms with van der Waals surface area (Å²) in [6, 6.07) is 5.30. The summed E-state index contributed by atoms with van der Waals surface area (Å²) in [5, 5.41) is 11.2. The second-order valence-electron chi connectivity index (χ2n) is 4.75. The van der Waals surface area contributed by atoms with E-state index < -0.39 is 10.9 Å². The molecule has 2 saturated heterocycles. The molecule has 8 heteroatoms. The third-order valence-corrected chi connectivity index (χ3v) is 4.86. The number of esters is 1. The lowest BCUT2D eigenvalue weighted by Gasteiger charge is -2.16. The van der Waals surface area contributed by atoms with Crippen molar-refractivity contribution in [3.8, 4) is 0 Å². The molecule has 0 radical (unpaired) electrons. The Morgan fingerprint density at radius 1 is 1.38 bits per heavy atom. The number of hydrogen-bond acceptors (Lipinski definition) is 7. The Morgan fingerprint density at radius 2 is 2.10 bits per heavy atom. The number of carbonyl (C=O) groups is 1. The van der Waals surface area contributed by atoms with E-state index in [4.69, 9.17) is 14.2 Å². The highest BCUT2D eigenvalue weighted by Gasteiger charge is 2.57. The number of rotatable bonds is 5. The fourth-order valence-corrected chi connectivity index (χ4v) is 3.46. The maximum atomic E-state index is 11.9. The van der Waals surface area contributed by atoms with Crippen molar-refractivity contribution >= 4 is 23.4 Å². The molecule has 0 saturated carbocycles. The number of benzene rings is 1. The van der Waals surface area contributed by atoms with Crippen LogP contribution in [0, 0.1) is 10.1 Å². The molecule has 1 aromatic rings. The zero-order valence-electron chi connectivity index (χ0n) is 11.1. The number of non-ortho nitro benzene ring substituents is 1. The summed E-state index contributed by atoms with van der Waals surface area (Å²) in [4.78, 5) is 21.9. The lowest BCUT2D eigenvalue weighted by atomic mass is 10.2. The Kier molecular flexibility index (Phi) is 3.83. The van der Waals surface area contributed by atoms with E-state index in [0.29, 0.717) is 10.5 Å². The Bertz CT molecular complexity index is 562. The molecule has 0 bridgehead atoms. The second-order valence-corrected chi connectivity index (χ2v) is 6.11. The molecule has 0 N–H and O–H groups in total. The van der Waals surface area contributed by atoms with Gasteiger partial charge in [0.1, 0.15) is 12.7 Å². The highest BCUT2D eigenvalue weighted by Crippen LogP contribution is 2.53. The number of carbonyl (C=O) groups excluding carboxylic acids is 1. The molecule has 3 rings (SSSR count). The van der Waals surface area contributed by atoms with E-state index >= 15 is 0 Å². The van der Waals surface area contributed by atoms with Crippen LogP contribution in [0.2, 0.25) is 0 Å². The SMILES string of the molecule is CO[C@@H]1O[C@@H](COC(=O)c2ccc([N+](=O)[O-])cc2)[C@@H]2S[C@H]12. The lowest BCUT2D eigenvalue weighted by molar-refractivity contribution is -0.384. The van der Waals surface area contributed by atoms with Crippen molar-refractivity contribution < 1.29 is 23.9 Å². The van der Waals surface area contributed by atoms with E-state index in [-0.39, 0.29) is 30.3 Å². The molecule has 4 atom stereocenters. The van der Waals surface area contributed by atoms with Crippen molar-refractivity contribution in [3.05, 3.63) is 39.9 Å². The van der Waals surface area contributed by atoms with Gasteiger partial charge in [-0.1, -0.05) is 0 Å². The first-order chi connectivity index (χ1) is 10.1. The maximum Gasteiger partial charge on any atom is 0.338 e. The standard InChI is InChI=1S/C13H13NO6S/c1-18-13-11-10(21-11)9(20-13)6-19-12(15)7-2-4-8(5-3-7)14(16)17/h2-5,9-11,13H,6H2,1H3/t9-,10-,11-,13+/m0/s1. The van der Waals surface area contributed by atoms with Crippen LogP contribution in [0.25, 0.3) is 0 Å². The second kappa shape index (κ2) is 5.63. The molecule has 0 unspecified atom stereocenters. The summed E-state index contributed by atoms with van der Waals surface area (Å²) >= 11 is 1.76. The first kappa shape index (κ1) is 14.3. The van der Waals surface area contributed by atoms with Crippen molar-refractivity contribution in [2.24, 2.45) is 0 Å². The molecule has 7 nitrogen and oxygen atoms in total. The lowest BCUT2D eigenvalue weighted by Crippen LogP contribution is -2.25. The van der Waals surface area contributed by atoms with Gasteiger partial charge >= 0.3 is 5.97 Å². The molecule has 2 aliphatic rings. The van der Waals surface area contributed by atoms with Gasteiger partial charge in [-0.15, -0.1) is 11.8 Å². The van der Waals surface area contributed by atoms with Crippen LogP contribution in [0.5, 0.6) is 0 Å². The van der Waals surface area contributed by atoms with Crippen LogP contribution in [0.15, 0.2) is 24.3 Å². The van der Waals surface area contributed by atoms with E-state index in [9.17, 15) is 14.9 Å². The highest BCUT2D eigenvalue weighted by molar-refractivity contribution is 8.07. The normalized spacial score (nSPS) is 29.8. The zero-order chi connectivity index (χ0) is 15.0. The number of nitro groups is 1. The van der Waals surface area contributed by atoms with Gasteiger partial charge in [-0.25, -0.2) is 4.79 Å². The van der Waals surface area contributed by atoms with Crippen LogP contribution < -0.4 is 0 Å². The Labute approximate surface area is 124 Å². The molecule has 0 aromatic heterocycles. The number of nitro benzene ring substituents is 1. The molecular weight excluding hydrogens is 298 g/mol. The molecule has 0 spiro atoms. The van der Waals surface area contributed by atoms with Gasteiger partial charge in [-0.3, -0.25) is 10.1 Å². The predicted molar refractivity (Wildman–Crippen MR) is 74.2 cm³/mol. The van der Waals surface area contributed by atoms with Crippen LogP contribution in [0.4, 0.5) is 5.69 Å². The number of nitrogens with zero attached hydrogens (tertiary/aromatic N) is 1. The van der Waals surface area contributed by atoms with Crippen molar-refractivity contribution in [2.75, 3.05) is 13.7 Å². The van der Waals surface area contributed by atoms with E-state index in [1.165, 1.54) is 24.3 Å². The largest absolute Gasteiger partial charge is 0.459 e. The van der Waals surface area contributed by atoms with Gasteiger partial charge in [0.05, 0.1) is 21.0 Å². The molecular formula is C13H13NO6S. The molecule has 0 aliphatic carbocycles. The first-order valence-electron chi connectivity index (χ1n) is 6.35. The fraction of sp³-hybridized carbons (Fsp3) is 0.462. The van der Waals surface area contributed by atoms with Crippen LogP contribution in [-0.2, 0) is 14.2 Å². The highest BCUT2D eigenvalue weighted by atomic mass is 32.2. The third-order valence-electron chi connectivity index (χ3n) is 3.43. The quantitative estimate of drug-likeness (QED) is 0.353. The van der Waals surface area contributed by atoms with E-state index in [0.717, 1.165) is 0 Å². The van der Waals surface area contributed by atoms with Gasteiger partial charge in [0, 0.05) is 19.2 Å². The number of hydrogen-bond donors (Lipinski definition) is 0. The van der Waals surface area contributed by atoms with E-state index in [1.807, 2.05) is 0 Å². The van der Waals surface area contributed by atoms with Crippen LogP contribution in [0.3, 0.4) is 0 Å². The van der Waals surface area contributed by atoms with Gasteiger partial charge in [0.2, 0.25) is 0 Å². The minimum absolute atomic E-state index is 0.0640. The van der Waals surface area contributed by atoms with Gasteiger partial charge in [0.25, 0.3) is 5.69 Å². The number of fused-ring (bicyclic) bond motifs is 1. The van der Waals surface area contributed by atoms with Gasteiger partial charge in [-0.05, 0) is 12.1 Å². The first-order valence-corrected chi connectivity index (χ1v) is 7.29. The molecule has 0 amide bonds. The Morgan fingerprint density at radius 3 is 2.67 bits per heavy atom. The zero-order valence-corrected chi connectivity index (χ0v) is 11.9. The molecule has 2 aliphatic heterocycles. The number of ether oxygens (including phenoxy) is 3. The summed E-state index contributed by atoms with van der Waals surface area (Å²) in [6.45, 7) is 0.157. The summed E-state index contributed by atoms with van der Waals surface area (Å²) in [7, 11) is 1.59. The fourth-order valence-electron chi connectivity index (χ4n) is 2.27. The summed E-state index contributed by atoms with van der Waals surface area (Å²) in [5.41, 5.74) is 0.215. The Hall–Kier alpha value is -1.64. The van der Waals surface area contributed by atoms with Crippen molar-refractivity contribution in [3.63, 3.8) is 0 Å². The molecule has 2 fully saturated rings. The van der Waals surface area contributed by atoms with Crippen LogP contribution >= 0.6 is 11.8 Å². The minimum Gasteiger partial charge on any atom is -0.459 e. The minimum atomic E-state index is -0.517. The predicted octanol–water partition coefficient (Wildman–Crippen LogP) is 1.61. The summed E-state index contributed by atoms with van der Waals surface area (Å²) in [5.74, 6) is -0.517. The number of thioether (sulfide) groups is 1. The van der Waals surface area contributed by atoms with Crippen molar-refractivity contribution in [1.82, 2.24) is 0 Å². The van der Waals surface area contributed by atoms with E-state index in [2.05, 4.69) is 0 Å². The summed E-state index contributed by atoms with van der Waals surface area (Å²) < 4.78 is 16.0. The van der Waals surface area contributed by atoms with E-state index in [1.54, 1.807) is 18.9 Å². The molecule has 2 heterocycles. The van der Waals surface area contributed by atoms with Crippen molar-refractivity contribution in [2.45, 2.75) is 22.9 Å². The average molecular weight is 311 g/mol. The van der Waals surface area contributed by atoms with Crippen LogP contribution in [0.1, 0.15) is 10.4 Å². The topological polar surface area (TPSA) is 87.9 Å². The van der Waals surface area contributed by atoms with Gasteiger partial charge in [-0.2, -0.15) is 0 Å². The number of methoxy groups -OCH3 is 1. The summed E-state index contributed by atoms with van der Waals surface area (Å²) in [6.07, 6.45) is -0.393. The van der Waals surface area contributed by atoms with Gasteiger partial charge < -0.3 is 14.2 Å². The maximum absolute atomic E-state index is 11.9. The molecule has 112 valence electrons. The monoisotopic (exact) mass is 311 g/mol. The van der Waals surface area contributed by atoms with Crippen molar-refractivity contribution in [1.29, 1.82) is 0 Å². The smallest absolute Gasteiger partial charge is 0.338 e. The van der Waals surface area contributed by atoms with Gasteiger partial charge in [0.15, 0.2) is 6.29 Å². The Balaban J connectivity index is 1.54. The molecule has 21 heavy (non-hydrogen) atoms. The molecule has 1 aromatic carbocycles. The average Bonchev–Trinajstić information content (AvgIpc) is 3.21. The third kappa shape index (κ3) is 2.87.